The normalized spacial score (nSPS) is 26.9. The average molecular weight is 522 g/mol. The van der Waals surface area contributed by atoms with Crippen molar-refractivity contribution in [3.05, 3.63) is 154 Å². The van der Waals surface area contributed by atoms with Crippen molar-refractivity contribution in [3.63, 3.8) is 0 Å². The first-order chi connectivity index (χ1) is 19.6. The van der Waals surface area contributed by atoms with Gasteiger partial charge in [0.25, 0.3) is 0 Å². The number of allylic oxidation sites excluding steroid dienone is 12. The van der Waals surface area contributed by atoms with Crippen LogP contribution < -0.4 is 10.1 Å². The number of hydrogen-bond donors (Lipinski definition) is 1. The molecule has 3 atom stereocenters. The SMILES string of the molecule is CC1(C)c2ccccc2[C@@H]2c3cc(C4=CCCC(C5=C6C=CC=CC6NC=C5)=C4)ccc3OC3=C(C=CCC3)C21. The summed E-state index contributed by atoms with van der Waals surface area (Å²) in [6.45, 7) is 4.86. The summed E-state index contributed by atoms with van der Waals surface area (Å²) in [6.07, 6.45) is 26.8. The second-order valence-corrected chi connectivity index (χ2v) is 12.4. The number of hydrogen-bond acceptors (Lipinski definition) is 2. The fourth-order valence-electron chi connectivity index (χ4n) is 7.96. The molecule has 0 saturated heterocycles. The Bertz CT molecular complexity index is 1680. The van der Waals surface area contributed by atoms with Crippen LogP contribution in [0.3, 0.4) is 0 Å². The van der Waals surface area contributed by atoms with E-state index in [2.05, 4.69) is 123 Å². The van der Waals surface area contributed by atoms with Gasteiger partial charge in [-0.1, -0.05) is 92.8 Å². The lowest BCUT2D eigenvalue weighted by molar-refractivity contribution is 0.361. The largest absolute Gasteiger partial charge is 0.461 e. The molecule has 8 rings (SSSR count). The molecule has 4 aliphatic carbocycles. The molecule has 0 bridgehead atoms. The molecule has 2 aliphatic heterocycles. The standard InChI is InChI=1S/C38H35NO/c1-38(2)32-15-6-3-13-29(32)36-31-23-25(18-19-35(31)40-34-17-8-5-14-30(34)37(36)38)24-10-9-11-26(22-24)27-20-21-39-33-16-7-4-12-28(27)33/h3-7,10,12-16,18-23,33,36-37,39H,8-9,11,17H2,1-2H3/t33?,36-,37?/m1/s1. The molecule has 0 fully saturated rings. The zero-order valence-corrected chi connectivity index (χ0v) is 23.3. The van der Waals surface area contributed by atoms with E-state index >= 15 is 0 Å². The molecule has 6 aliphatic rings. The second kappa shape index (κ2) is 8.99. The summed E-state index contributed by atoms with van der Waals surface area (Å²) >= 11 is 0. The Morgan fingerprint density at radius 1 is 0.900 bits per heavy atom. The minimum atomic E-state index is 0.0232. The van der Waals surface area contributed by atoms with Crippen LogP contribution in [0.5, 0.6) is 5.75 Å². The van der Waals surface area contributed by atoms with E-state index in [1.54, 1.807) is 0 Å². The highest BCUT2D eigenvalue weighted by atomic mass is 16.5. The highest BCUT2D eigenvalue weighted by Crippen LogP contribution is 2.60. The third-order valence-electron chi connectivity index (χ3n) is 9.82. The number of ether oxygens (including phenoxy) is 1. The Labute approximate surface area is 237 Å². The van der Waals surface area contributed by atoms with Crippen LogP contribution in [0.25, 0.3) is 5.57 Å². The monoisotopic (exact) mass is 521 g/mol. The first-order valence-electron chi connectivity index (χ1n) is 14.8. The maximum atomic E-state index is 6.78. The van der Waals surface area contributed by atoms with Gasteiger partial charge in [0.15, 0.2) is 0 Å². The summed E-state index contributed by atoms with van der Waals surface area (Å²) in [6, 6.07) is 16.3. The number of nitrogens with one attached hydrogen (secondary N) is 1. The molecule has 2 nitrogen and oxygen atoms in total. The van der Waals surface area contributed by atoms with Crippen LogP contribution in [0.1, 0.15) is 67.7 Å². The summed E-state index contributed by atoms with van der Waals surface area (Å²) in [4.78, 5) is 0. The van der Waals surface area contributed by atoms with Crippen molar-refractivity contribution in [2.45, 2.75) is 56.9 Å². The van der Waals surface area contributed by atoms with Crippen molar-refractivity contribution in [1.82, 2.24) is 5.32 Å². The van der Waals surface area contributed by atoms with E-state index in [9.17, 15) is 0 Å². The van der Waals surface area contributed by atoms with E-state index in [1.807, 2.05) is 0 Å². The van der Waals surface area contributed by atoms with Crippen molar-refractivity contribution < 1.29 is 4.74 Å². The van der Waals surface area contributed by atoms with E-state index in [4.69, 9.17) is 4.74 Å². The van der Waals surface area contributed by atoms with E-state index in [-0.39, 0.29) is 17.4 Å². The van der Waals surface area contributed by atoms with Gasteiger partial charge in [0, 0.05) is 23.8 Å². The Balaban J connectivity index is 1.25. The summed E-state index contributed by atoms with van der Waals surface area (Å²) in [5, 5.41) is 3.49. The number of fused-ring (bicyclic) bond motifs is 7. The Morgan fingerprint density at radius 3 is 2.77 bits per heavy atom. The Kier molecular flexibility index (Phi) is 5.35. The Morgan fingerprint density at radius 2 is 1.82 bits per heavy atom. The summed E-state index contributed by atoms with van der Waals surface area (Å²) < 4.78 is 6.78. The lowest BCUT2D eigenvalue weighted by Crippen LogP contribution is -2.28. The quantitative estimate of drug-likeness (QED) is 0.427. The molecular formula is C38H35NO. The second-order valence-electron chi connectivity index (χ2n) is 12.4. The van der Waals surface area contributed by atoms with E-state index in [1.165, 1.54) is 55.9 Å². The molecule has 1 N–H and O–H groups in total. The fraction of sp³-hybridized carbons (Fsp3) is 0.263. The van der Waals surface area contributed by atoms with Gasteiger partial charge in [-0.25, -0.2) is 0 Å². The lowest BCUT2D eigenvalue weighted by Gasteiger charge is -2.33. The molecule has 0 amide bonds. The highest BCUT2D eigenvalue weighted by molar-refractivity contribution is 5.79. The van der Waals surface area contributed by atoms with Gasteiger partial charge in [-0.15, -0.1) is 0 Å². The molecular weight excluding hydrogens is 486 g/mol. The Hall–Kier alpha value is -4.04. The summed E-state index contributed by atoms with van der Waals surface area (Å²) in [7, 11) is 0. The molecule has 198 valence electrons. The van der Waals surface area contributed by atoms with Gasteiger partial charge in [-0.2, -0.15) is 0 Å². The summed E-state index contributed by atoms with van der Waals surface area (Å²) in [5.74, 6) is 2.83. The first-order valence-corrected chi connectivity index (χ1v) is 14.8. The van der Waals surface area contributed by atoms with Gasteiger partial charge >= 0.3 is 0 Å². The van der Waals surface area contributed by atoms with Gasteiger partial charge < -0.3 is 10.1 Å². The predicted octanol–water partition coefficient (Wildman–Crippen LogP) is 8.73. The van der Waals surface area contributed by atoms with Crippen molar-refractivity contribution in [2.24, 2.45) is 5.92 Å². The van der Waals surface area contributed by atoms with Gasteiger partial charge in [-0.3, -0.25) is 0 Å². The zero-order chi connectivity index (χ0) is 26.8. The predicted molar refractivity (Wildman–Crippen MR) is 164 cm³/mol. The number of dihydropyridines is 1. The highest BCUT2D eigenvalue weighted by Gasteiger charge is 2.50. The number of benzene rings is 2. The van der Waals surface area contributed by atoms with Crippen LogP contribution in [-0.4, -0.2) is 6.04 Å². The molecule has 0 saturated carbocycles. The zero-order valence-electron chi connectivity index (χ0n) is 23.3. The van der Waals surface area contributed by atoms with Crippen molar-refractivity contribution in [3.8, 4) is 5.75 Å². The molecule has 2 aromatic carbocycles. The van der Waals surface area contributed by atoms with Crippen LogP contribution in [-0.2, 0) is 5.41 Å². The van der Waals surface area contributed by atoms with Gasteiger partial charge in [0.05, 0.1) is 6.04 Å². The minimum absolute atomic E-state index is 0.0232. The van der Waals surface area contributed by atoms with Gasteiger partial charge in [0.1, 0.15) is 11.5 Å². The molecule has 2 heteroatoms. The average Bonchev–Trinajstić information content (AvgIpc) is 3.13. The molecule has 0 spiro atoms. The molecule has 0 radical (unpaired) electrons. The minimum Gasteiger partial charge on any atom is -0.461 e. The van der Waals surface area contributed by atoms with Crippen LogP contribution in [0.2, 0.25) is 0 Å². The van der Waals surface area contributed by atoms with E-state index in [0.29, 0.717) is 5.92 Å². The molecule has 2 heterocycles. The third-order valence-corrected chi connectivity index (χ3v) is 9.82. The maximum Gasteiger partial charge on any atom is 0.130 e. The van der Waals surface area contributed by atoms with E-state index < -0.39 is 0 Å². The molecule has 2 unspecified atom stereocenters. The topological polar surface area (TPSA) is 21.3 Å². The molecule has 40 heavy (non-hydrogen) atoms. The number of rotatable bonds is 2. The van der Waals surface area contributed by atoms with Gasteiger partial charge in [-0.05, 0) is 93.6 Å². The summed E-state index contributed by atoms with van der Waals surface area (Å²) in [5.41, 5.74) is 12.4. The van der Waals surface area contributed by atoms with Crippen molar-refractivity contribution >= 4 is 5.57 Å². The molecule has 0 aromatic heterocycles. The van der Waals surface area contributed by atoms with Crippen LogP contribution in [0.15, 0.2) is 131 Å². The van der Waals surface area contributed by atoms with E-state index in [0.717, 1.165) is 31.4 Å². The lowest BCUT2D eigenvalue weighted by atomic mass is 9.69. The van der Waals surface area contributed by atoms with Crippen molar-refractivity contribution in [2.75, 3.05) is 0 Å². The fourth-order valence-corrected chi connectivity index (χ4v) is 7.96. The van der Waals surface area contributed by atoms with Crippen LogP contribution in [0, 0.1) is 5.92 Å². The van der Waals surface area contributed by atoms with Crippen LogP contribution in [0.4, 0.5) is 0 Å². The smallest absolute Gasteiger partial charge is 0.130 e. The van der Waals surface area contributed by atoms with Gasteiger partial charge in [0.2, 0.25) is 0 Å². The molecule has 2 aromatic rings. The maximum absolute atomic E-state index is 6.78. The van der Waals surface area contributed by atoms with Crippen molar-refractivity contribution in [1.29, 1.82) is 0 Å². The third kappa shape index (κ3) is 3.55. The first kappa shape index (κ1) is 23.8. The van der Waals surface area contributed by atoms with Crippen LogP contribution >= 0.6 is 0 Å².